The number of hydrogen-bond donors (Lipinski definition) is 1. The molecule has 2 aliphatic rings. The molecule has 0 aromatic heterocycles. The molecule has 3 unspecified atom stereocenters. The lowest BCUT2D eigenvalue weighted by Crippen LogP contribution is -2.58. The predicted octanol–water partition coefficient (Wildman–Crippen LogP) is 1.44. The maximum absolute atomic E-state index is 14.5. The SMILES string of the molecule is [B]C1C(=O)N([B])C(=O)C(N2Cc3cc(CNC(=O)C(F)(F)c4ccc(Cl)cc4)ccc3C2=O)C1[B]. The molecule has 172 valence electrons. The highest BCUT2D eigenvalue weighted by Crippen LogP contribution is 2.37. The van der Waals surface area contributed by atoms with Crippen molar-refractivity contribution in [2.24, 2.45) is 0 Å². The first-order valence-electron chi connectivity index (χ1n) is 10.4. The van der Waals surface area contributed by atoms with Crippen LogP contribution < -0.4 is 5.32 Å². The van der Waals surface area contributed by atoms with Crippen molar-refractivity contribution in [2.75, 3.05) is 0 Å². The maximum Gasteiger partial charge on any atom is 0.349 e. The standard InChI is InChI=1S/C22H15B3ClF2N3O4/c23-15-16(24)19(33)31(25)20(34)17(15)30-9-11-7-10(1-6-14(11)18(30)32)8-29-21(35)22(27,28)12-2-4-13(26)5-3-12/h1-7,15-17H,8-9H2,(H,29,35). The van der Waals surface area contributed by atoms with E-state index in [-0.39, 0.29) is 23.7 Å². The Morgan fingerprint density at radius 3 is 2.40 bits per heavy atom. The van der Waals surface area contributed by atoms with Crippen molar-refractivity contribution < 1.29 is 28.0 Å². The molecule has 2 heterocycles. The quantitative estimate of drug-likeness (QED) is 0.507. The Balaban J connectivity index is 1.47. The molecule has 4 rings (SSSR count). The largest absolute Gasteiger partial charge is 0.349 e. The van der Waals surface area contributed by atoms with Crippen LogP contribution in [0.4, 0.5) is 8.78 Å². The van der Waals surface area contributed by atoms with Gasteiger partial charge in [-0.2, -0.15) is 8.78 Å². The van der Waals surface area contributed by atoms with Gasteiger partial charge in [-0.25, -0.2) is 0 Å². The van der Waals surface area contributed by atoms with Gasteiger partial charge in [-0.05, 0) is 41.0 Å². The van der Waals surface area contributed by atoms with Crippen LogP contribution in [0.3, 0.4) is 0 Å². The maximum atomic E-state index is 14.5. The number of alkyl halides is 2. The molecule has 3 atom stereocenters. The average Bonchev–Trinajstić information content (AvgIpc) is 3.15. The third-order valence-corrected chi connectivity index (χ3v) is 6.33. The van der Waals surface area contributed by atoms with Gasteiger partial charge in [-0.15, -0.1) is 0 Å². The second-order valence-electron chi connectivity index (χ2n) is 8.28. The fourth-order valence-electron chi connectivity index (χ4n) is 4.09. The number of amides is 4. The number of nitrogens with one attached hydrogen (secondary N) is 1. The number of piperidine rings is 1. The molecular weight excluding hydrogens is 476 g/mol. The van der Waals surface area contributed by atoms with Gasteiger partial charge in [0.25, 0.3) is 11.8 Å². The highest BCUT2D eigenvalue weighted by molar-refractivity contribution is 6.40. The van der Waals surface area contributed by atoms with Gasteiger partial charge in [-0.3, -0.25) is 19.2 Å². The van der Waals surface area contributed by atoms with Gasteiger partial charge >= 0.3 is 5.92 Å². The molecule has 1 fully saturated rings. The van der Waals surface area contributed by atoms with Crippen molar-refractivity contribution in [1.29, 1.82) is 0 Å². The summed E-state index contributed by atoms with van der Waals surface area (Å²) >= 11 is 5.71. The number of benzene rings is 2. The highest BCUT2D eigenvalue weighted by atomic mass is 35.5. The van der Waals surface area contributed by atoms with Crippen LogP contribution in [0.1, 0.15) is 27.0 Å². The van der Waals surface area contributed by atoms with Crippen LogP contribution in [0.2, 0.25) is 16.7 Å². The van der Waals surface area contributed by atoms with E-state index in [0.29, 0.717) is 15.9 Å². The number of fused-ring (bicyclic) bond motifs is 1. The van der Waals surface area contributed by atoms with Gasteiger partial charge in [-0.1, -0.05) is 35.9 Å². The van der Waals surface area contributed by atoms with Crippen LogP contribution in [0.25, 0.3) is 0 Å². The van der Waals surface area contributed by atoms with Crippen LogP contribution in [0.5, 0.6) is 0 Å². The molecule has 1 N–H and O–H groups in total. The molecule has 35 heavy (non-hydrogen) atoms. The molecule has 2 aliphatic heterocycles. The van der Waals surface area contributed by atoms with Crippen molar-refractivity contribution in [3.8, 4) is 0 Å². The van der Waals surface area contributed by atoms with Gasteiger partial charge in [0.15, 0.2) is 0 Å². The van der Waals surface area contributed by atoms with E-state index >= 15 is 0 Å². The Kier molecular flexibility index (Phi) is 6.53. The number of carbonyl (C=O) groups is 4. The molecule has 0 spiro atoms. The third-order valence-electron chi connectivity index (χ3n) is 6.07. The molecule has 2 aromatic rings. The zero-order valence-corrected chi connectivity index (χ0v) is 18.8. The molecule has 6 radical (unpaired) electrons. The molecule has 13 heteroatoms. The Hall–Kier alpha value is -3.14. The monoisotopic (exact) mass is 491 g/mol. The Morgan fingerprint density at radius 2 is 1.74 bits per heavy atom. The number of rotatable bonds is 5. The average molecular weight is 491 g/mol. The van der Waals surface area contributed by atoms with Crippen molar-refractivity contribution in [1.82, 2.24) is 15.0 Å². The second kappa shape index (κ2) is 9.15. The number of hydrogen-bond acceptors (Lipinski definition) is 4. The molecular formula is C22H15B3ClF2N3O4. The van der Waals surface area contributed by atoms with Gasteiger partial charge in [0.1, 0.15) is 6.04 Å². The molecule has 0 aliphatic carbocycles. The highest BCUT2D eigenvalue weighted by Gasteiger charge is 2.47. The van der Waals surface area contributed by atoms with E-state index in [1.165, 1.54) is 29.2 Å². The Morgan fingerprint density at radius 1 is 1.09 bits per heavy atom. The van der Waals surface area contributed by atoms with E-state index in [2.05, 4.69) is 5.32 Å². The van der Waals surface area contributed by atoms with Gasteiger partial charge in [0.05, 0.1) is 15.7 Å². The van der Waals surface area contributed by atoms with Crippen LogP contribution in [-0.4, -0.2) is 63.1 Å². The summed E-state index contributed by atoms with van der Waals surface area (Å²) < 4.78 is 29.0. The first-order chi connectivity index (χ1) is 16.4. The van der Waals surface area contributed by atoms with Crippen LogP contribution >= 0.6 is 11.6 Å². The summed E-state index contributed by atoms with van der Waals surface area (Å²) in [4.78, 5) is 51.1. The molecule has 0 bridgehead atoms. The summed E-state index contributed by atoms with van der Waals surface area (Å²) in [7, 11) is 17.3. The predicted molar refractivity (Wildman–Crippen MR) is 124 cm³/mol. The van der Waals surface area contributed by atoms with Gasteiger partial charge in [0.2, 0.25) is 19.8 Å². The molecule has 0 saturated carbocycles. The fraction of sp³-hybridized carbons (Fsp3) is 0.273. The smallest absolute Gasteiger partial charge is 0.346 e. The van der Waals surface area contributed by atoms with Crippen molar-refractivity contribution in [2.45, 2.75) is 36.7 Å². The number of nitrogens with zero attached hydrogens (tertiary/aromatic N) is 2. The summed E-state index contributed by atoms with van der Waals surface area (Å²) in [6, 6.07) is 7.91. The van der Waals surface area contributed by atoms with E-state index in [1.807, 2.05) is 0 Å². The Bertz CT molecular complexity index is 1230. The third kappa shape index (κ3) is 4.35. The molecule has 1 saturated heterocycles. The van der Waals surface area contributed by atoms with E-state index in [9.17, 15) is 28.0 Å². The number of imide groups is 1. The lowest BCUT2D eigenvalue weighted by molar-refractivity contribution is -0.147. The minimum atomic E-state index is -3.78. The zero-order chi connectivity index (χ0) is 25.7. The van der Waals surface area contributed by atoms with Crippen LogP contribution in [-0.2, 0) is 33.4 Å². The van der Waals surface area contributed by atoms with E-state index in [4.69, 9.17) is 35.3 Å². The summed E-state index contributed by atoms with van der Waals surface area (Å²) in [5.74, 6) is -9.95. The summed E-state index contributed by atoms with van der Waals surface area (Å²) in [6.45, 7) is -0.281. The normalized spacial score (nSPS) is 22.4. The van der Waals surface area contributed by atoms with Crippen LogP contribution in [0.15, 0.2) is 42.5 Å². The van der Waals surface area contributed by atoms with E-state index < -0.39 is 52.8 Å². The minimum Gasteiger partial charge on any atom is -0.346 e. The fourth-order valence-corrected chi connectivity index (χ4v) is 4.22. The summed E-state index contributed by atoms with van der Waals surface area (Å²) in [5.41, 5.74) is 0.694. The van der Waals surface area contributed by atoms with Gasteiger partial charge in [0, 0.05) is 29.2 Å². The molecule has 2 aromatic carbocycles. The summed E-state index contributed by atoms with van der Waals surface area (Å²) in [6.07, 6.45) is 0. The van der Waals surface area contributed by atoms with Crippen molar-refractivity contribution in [3.05, 3.63) is 69.7 Å². The molecule has 7 nitrogen and oxygen atoms in total. The lowest BCUT2D eigenvalue weighted by Gasteiger charge is -2.42. The molecule has 4 amide bonds. The zero-order valence-electron chi connectivity index (χ0n) is 18.1. The van der Waals surface area contributed by atoms with Crippen molar-refractivity contribution in [3.63, 3.8) is 0 Å². The van der Waals surface area contributed by atoms with Crippen molar-refractivity contribution >= 4 is 58.9 Å². The first-order valence-corrected chi connectivity index (χ1v) is 10.8. The number of halogens is 3. The van der Waals surface area contributed by atoms with Gasteiger partial charge < -0.3 is 15.0 Å². The minimum absolute atomic E-state index is 0.0459. The Labute approximate surface area is 208 Å². The van der Waals surface area contributed by atoms with E-state index in [1.54, 1.807) is 6.07 Å². The topological polar surface area (TPSA) is 86.8 Å². The van der Waals surface area contributed by atoms with Crippen LogP contribution in [0, 0.1) is 0 Å². The second-order valence-corrected chi connectivity index (χ2v) is 8.72. The summed E-state index contributed by atoms with van der Waals surface area (Å²) in [5, 5.41) is 2.45. The van der Waals surface area contributed by atoms with E-state index in [0.717, 1.165) is 12.1 Å². The number of carbonyl (C=O) groups excluding carboxylic acids is 4. The first kappa shape index (κ1) is 25.0. The lowest BCUT2D eigenvalue weighted by atomic mass is 9.59.